The average Bonchev–Trinajstić information content (AvgIpc) is 3.19. The van der Waals surface area contributed by atoms with Gasteiger partial charge in [0.2, 0.25) is 0 Å². The molecule has 2 N–H and O–H groups in total. The minimum absolute atomic E-state index is 0.0633. The van der Waals surface area contributed by atoms with E-state index in [9.17, 15) is 10.2 Å². The highest BCUT2D eigenvalue weighted by Gasteiger charge is 2.27. The van der Waals surface area contributed by atoms with E-state index in [1.807, 2.05) is 26.3 Å². The Labute approximate surface area is 339 Å². The van der Waals surface area contributed by atoms with Crippen LogP contribution in [0.15, 0.2) is 34.3 Å². The third kappa shape index (κ3) is 15.0. The number of benzene rings is 2. The molecule has 5 heteroatoms. The Morgan fingerprint density at radius 3 is 1.33 bits per heavy atom. The van der Waals surface area contributed by atoms with Crippen molar-refractivity contribution >= 4 is 12.4 Å². The molecule has 0 radical (unpaired) electrons. The maximum atomic E-state index is 11.3. The number of nitrogens with zero attached hydrogens (tertiary/aromatic N) is 3. The lowest BCUT2D eigenvalue weighted by atomic mass is 9.87. The van der Waals surface area contributed by atoms with Crippen molar-refractivity contribution in [2.45, 2.75) is 208 Å². The number of hydrogen-bond donors (Lipinski definition) is 2. The molecule has 3 atom stereocenters. The van der Waals surface area contributed by atoms with Crippen molar-refractivity contribution in [1.29, 1.82) is 0 Å². The third-order valence-electron chi connectivity index (χ3n) is 12.7. The van der Waals surface area contributed by atoms with Gasteiger partial charge in [-0.3, -0.25) is 9.98 Å². The van der Waals surface area contributed by atoms with Crippen molar-refractivity contribution in [3.8, 4) is 11.5 Å². The molecule has 1 aliphatic rings. The Bertz CT molecular complexity index is 1400. The highest BCUT2D eigenvalue weighted by atomic mass is 16.3. The zero-order chi connectivity index (χ0) is 40.1. The highest BCUT2D eigenvalue weighted by molar-refractivity contribution is 5.85. The van der Waals surface area contributed by atoms with E-state index in [-0.39, 0.29) is 12.1 Å². The summed E-state index contributed by atoms with van der Waals surface area (Å²) in [4.78, 5) is 10.3. The minimum Gasteiger partial charge on any atom is -0.507 e. The van der Waals surface area contributed by atoms with Gasteiger partial charge in [-0.05, 0) is 124 Å². The number of rotatable bonds is 27. The highest BCUT2D eigenvalue weighted by Crippen LogP contribution is 2.35. The molecule has 0 aromatic heterocycles. The fourth-order valence-electron chi connectivity index (χ4n) is 9.16. The summed E-state index contributed by atoms with van der Waals surface area (Å²) in [5, 5.41) is 22.4. The van der Waals surface area contributed by atoms with E-state index in [1.165, 1.54) is 138 Å². The number of phenols is 2. The number of hydrogen-bond acceptors (Lipinski definition) is 4. The van der Waals surface area contributed by atoms with Gasteiger partial charge in [-0.1, -0.05) is 118 Å². The fraction of sp³-hybridized carbons (Fsp3) is 0.720. The van der Waals surface area contributed by atoms with Crippen LogP contribution in [-0.4, -0.2) is 65.4 Å². The molecular weight excluding hydrogens is 675 g/mol. The normalized spacial score (nSPS) is 17.3. The fourth-order valence-corrected chi connectivity index (χ4v) is 9.16. The number of quaternary nitrogens is 1. The lowest BCUT2D eigenvalue weighted by molar-refractivity contribution is -0.929. The second-order valence-electron chi connectivity index (χ2n) is 17.4. The SMILES string of the molecule is CCCCC(CCCC)c1cc(C)c(O)c(/C=N/[C@H]2CCCC[C@@H]2/N=C/c2cc(C(CCC)CCC[N+](CCCC)(CCCC)CCCC)cc(C)c2O)c1. The Morgan fingerprint density at radius 2 is 0.927 bits per heavy atom. The Kier molecular flexibility index (Phi) is 21.7. The van der Waals surface area contributed by atoms with Gasteiger partial charge in [0.15, 0.2) is 0 Å². The van der Waals surface area contributed by atoms with Crippen molar-refractivity contribution in [3.05, 3.63) is 57.6 Å². The van der Waals surface area contributed by atoms with Crippen LogP contribution < -0.4 is 0 Å². The van der Waals surface area contributed by atoms with Crippen LogP contribution in [0.1, 0.15) is 215 Å². The van der Waals surface area contributed by atoms with Gasteiger partial charge < -0.3 is 14.7 Å². The molecule has 0 aliphatic heterocycles. The van der Waals surface area contributed by atoms with Crippen LogP contribution in [0.5, 0.6) is 11.5 Å². The van der Waals surface area contributed by atoms with Crippen LogP contribution in [0.2, 0.25) is 0 Å². The molecule has 0 amide bonds. The summed E-state index contributed by atoms with van der Waals surface area (Å²) in [6.45, 7) is 23.2. The van der Waals surface area contributed by atoms with Gasteiger partial charge in [-0.15, -0.1) is 0 Å². The van der Waals surface area contributed by atoms with Crippen LogP contribution in [0.4, 0.5) is 0 Å². The molecule has 0 bridgehead atoms. The van der Waals surface area contributed by atoms with Crippen LogP contribution in [0.25, 0.3) is 0 Å². The molecule has 5 nitrogen and oxygen atoms in total. The molecule has 55 heavy (non-hydrogen) atoms. The van der Waals surface area contributed by atoms with Gasteiger partial charge >= 0.3 is 0 Å². The lowest BCUT2D eigenvalue weighted by Crippen LogP contribution is -2.50. The van der Waals surface area contributed by atoms with Crippen molar-refractivity contribution in [3.63, 3.8) is 0 Å². The molecule has 0 heterocycles. The maximum absolute atomic E-state index is 11.3. The average molecular weight is 759 g/mol. The Balaban J connectivity index is 1.83. The first-order valence-corrected chi connectivity index (χ1v) is 23.2. The zero-order valence-electron chi connectivity index (χ0n) is 37.0. The molecule has 3 rings (SSSR count). The van der Waals surface area contributed by atoms with E-state index >= 15 is 0 Å². The lowest BCUT2D eigenvalue weighted by Gasteiger charge is -2.39. The summed E-state index contributed by atoms with van der Waals surface area (Å²) in [5.41, 5.74) is 6.25. The third-order valence-corrected chi connectivity index (χ3v) is 12.7. The molecule has 310 valence electrons. The quantitative estimate of drug-likeness (QED) is 0.0704. The Morgan fingerprint density at radius 1 is 0.545 bits per heavy atom. The van der Waals surface area contributed by atoms with Gasteiger partial charge in [0, 0.05) is 23.6 Å². The topological polar surface area (TPSA) is 65.2 Å². The van der Waals surface area contributed by atoms with E-state index in [2.05, 4.69) is 65.8 Å². The second kappa shape index (κ2) is 25.6. The molecule has 1 fully saturated rings. The number of aryl methyl sites for hydroxylation is 2. The van der Waals surface area contributed by atoms with Crippen molar-refractivity contribution in [2.75, 3.05) is 26.2 Å². The van der Waals surface area contributed by atoms with Crippen molar-refractivity contribution in [2.24, 2.45) is 9.98 Å². The molecule has 1 unspecified atom stereocenters. The summed E-state index contributed by atoms with van der Waals surface area (Å²) in [5.74, 6) is 1.71. The predicted molar refractivity (Wildman–Crippen MR) is 240 cm³/mol. The minimum atomic E-state index is 0.0633. The maximum Gasteiger partial charge on any atom is 0.127 e. The zero-order valence-corrected chi connectivity index (χ0v) is 37.0. The van der Waals surface area contributed by atoms with E-state index < -0.39 is 0 Å². The van der Waals surface area contributed by atoms with Gasteiger partial charge in [-0.25, -0.2) is 0 Å². The molecule has 2 aromatic carbocycles. The number of phenolic OH excluding ortho intramolecular Hbond substituents is 2. The molecule has 0 spiro atoms. The predicted octanol–water partition coefficient (Wildman–Crippen LogP) is 13.9. The summed E-state index contributed by atoms with van der Waals surface area (Å²) < 4.78 is 1.30. The first-order chi connectivity index (χ1) is 26.6. The Hall–Kier alpha value is -2.66. The summed E-state index contributed by atoms with van der Waals surface area (Å²) in [6, 6.07) is 9.00. The number of aliphatic imine (C=N–C) groups is 2. The van der Waals surface area contributed by atoms with Crippen LogP contribution in [0, 0.1) is 13.8 Å². The summed E-state index contributed by atoms with van der Waals surface area (Å²) >= 11 is 0. The van der Waals surface area contributed by atoms with Crippen LogP contribution >= 0.6 is 0 Å². The van der Waals surface area contributed by atoms with Crippen LogP contribution in [-0.2, 0) is 0 Å². The van der Waals surface area contributed by atoms with Crippen molar-refractivity contribution < 1.29 is 14.7 Å². The molecular formula is C50H84N3O2+. The molecule has 0 saturated heterocycles. The van der Waals surface area contributed by atoms with E-state index in [0.29, 0.717) is 23.3 Å². The smallest absolute Gasteiger partial charge is 0.127 e. The van der Waals surface area contributed by atoms with Gasteiger partial charge in [0.05, 0.1) is 38.3 Å². The summed E-state index contributed by atoms with van der Waals surface area (Å²) in [6.07, 6.45) is 28.0. The van der Waals surface area contributed by atoms with E-state index in [1.54, 1.807) is 0 Å². The van der Waals surface area contributed by atoms with Crippen LogP contribution in [0.3, 0.4) is 0 Å². The number of aromatic hydroxyl groups is 2. The summed E-state index contributed by atoms with van der Waals surface area (Å²) in [7, 11) is 0. The first-order valence-electron chi connectivity index (χ1n) is 23.2. The second-order valence-corrected chi connectivity index (χ2v) is 17.4. The monoisotopic (exact) mass is 759 g/mol. The number of unbranched alkanes of at least 4 members (excludes halogenated alkanes) is 5. The van der Waals surface area contributed by atoms with Gasteiger partial charge in [0.25, 0.3) is 0 Å². The van der Waals surface area contributed by atoms with E-state index in [4.69, 9.17) is 9.98 Å². The first kappa shape index (κ1) is 46.7. The molecule has 2 aromatic rings. The van der Waals surface area contributed by atoms with Crippen molar-refractivity contribution in [1.82, 2.24) is 0 Å². The van der Waals surface area contributed by atoms with Gasteiger partial charge in [-0.2, -0.15) is 0 Å². The molecule has 1 saturated carbocycles. The standard InChI is InChI=1S/C50H83N3O2/c1-9-15-24-42(25-16-10-2)44-34-40(8)50(55)46(36-44)38-52-48-28-21-20-27-47(48)51-37-45-35-43(33-39(7)49(45)54)41(23-14-6)26-22-32-53(29-17-11-3,30-18-12-4)31-19-13-5/h33-38,41-42,47-48H,9-32H2,1-8H3,(H-,51,52,54,55)/p+1/t41?,47-,48-/m0/s1. The van der Waals surface area contributed by atoms with E-state index in [0.717, 1.165) is 54.4 Å². The van der Waals surface area contributed by atoms with Gasteiger partial charge in [0.1, 0.15) is 11.5 Å². The molecule has 1 aliphatic carbocycles. The largest absolute Gasteiger partial charge is 0.507 e.